The fraction of sp³-hybridized carbons (Fsp3) is 0.375. The van der Waals surface area contributed by atoms with Crippen LogP contribution in [0.25, 0.3) is 0 Å². The Morgan fingerprint density at radius 1 is 0.714 bits per heavy atom. The molecule has 2 aliphatic rings. The number of nitrogens with zero attached hydrogens (tertiary/aromatic N) is 3. The highest BCUT2D eigenvalue weighted by Crippen LogP contribution is 2.47. The van der Waals surface area contributed by atoms with Crippen LogP contribution in [0.2, 0.25) is 0 Å². The van der Waals surface area contributed by atoms with Gasteiger partial charge < -0.3 is 38.4 Å². The molecule has 42 heavy (non-hydrogen) atoms. The number of benzene rings is 3. The molecular formula is C32H37N3O7. The number of carbonyl (C=O) groups is 2. The normalized spacial score (nSPS) is 18.3. The minimum absolute atomic E-state index is 0.0673. The van der Waals surface area contributed by atoms with Crippen LogP contribution in [-0.4, -0.2) is 90.4 Å². The fourth-order valence-corrected chi connectivity index (χ4v) is 6.02. The van der Waals surface area contributed by atoms with E-state index in [-0.39, 0.29) is 11.8 Å². The van der Waals surface area contributed by atoms with E-state index >= 15 is 0 Å². The molecule has 10 heteroatoms. The van der Waals surface area contributed by atoms with Crippen LogP contribution in [0.1, 0.15) is 33.4 Å². The molecule has 0 saturated carbocycles. The number of amides is 2. The van der Waals surface area contributed by atoms with E-state index in [9.17, 15) is 9.59 Å². The molecule has 3 aromatic carbocycles. The van der Waals surface area contributed by atoms with E-state index in [2.05, 4.69) is 4.90 Å². The Morgan fingerprint density at radius 2 is 1.31 bits per heavy atom. The van der Waals surface area contributed by atoms with Gasteiger partial charge in [0.25, 0.3) is 5.91 Å². The predicted octanol–water partition coefficient (Wildman–Crippen LogP) is 3.99. The average molecular weight is 576 g/mol. The van der Waals surface area contributed by atoms with Crippen molar-refractivity contribution < 1.29 is 33.3 Å². The molecule has 1 fully saturated rings. The average Bonchev–Trinajstić information content (AvgIpc) is 3.05. The van der Waals surface area contributed by atoms with Gasteiger partial charge in [-0.1, -0.05) is 18.2 Å². The summed E-state index contributed by atoms with van der Waals surface area (Å²) in [6.07, 6.45) is 0. The number of fused-ring (bicyclic) bond motifs is 1. The fourth-order valence-electron chi connectivity index (χ4n) is 6.02. The Kier molecular flexibility index (Phi) is 8.33. The van der Waals surface area contributed by atoms with Crippen molar-refractivity contribution in [1.82, 2.24) is 9.80 Å². The van der Waals surface area contributed by atoms with Crippen LogP contribution in [-0.2, 0) is 4.79 Å². The summed E-state index contributed by atoms with van der Waals surface area (Å²) in [6, 6.07) is 16.2. The summed E-state index contributed by atoms with van der Waals surface area (Å²) < 4.78 is 27.7. The summed E-state index contributed by atoms with van der Waals surface area (Å²) in [5, 5.41) is 0. The van der Waals surface area contributed by atoms with Crippen molar-refractivity contribution in [3.63, 3.8) is 0 Å². The van der Waals surface area contributed by atoms with E-state index in [1.54, 1.807) is 58.6 Å². The minimum Gasteiger partial charge on any atom is -0.495 e. The molecule has 0 aliphatic carbocycles. The number of likely N-dealkylation sites (N-methyl/N-ethyl adjacent to an activating group) is 1. The van der Waals surface area contributed by atoms with E-state index in [1.165, 1.54) is 7.11 Å². The van der Waals surface area contributed by atoms with Crippen LogP contribution in [0, 0.1) is 0 Å². The number of piperazine rings is 1. The van der Waals surface area contributed by atoms with Crippen LogP contribution in [0.3, 0.4) is 0 Å². The summed E-state index contributed by atoms with van der Waals surface area (Å²) in [6.45, 7) is 2.33. The van der Waals surface area contributed by atoms with Crippen LogP contribution in [0.15, 0.2) is 54.6 Å². The van der Waals surface area contributed by atoms with Crippen molar-refractivity contribution in [2.24, 2.45) is 0 Å². The summed E-state index contributed by atoms with van der Waals surface area (Å²) in [5.74, 6) is 1.79. The lowest BCUT2D eigenvalue weighted by atomic mass is 9.78. The van der Waals surface area contributed by atoms with Crippen LogP contribution in [0.4, 0.5) is 5.69 Å². The van der Waals surface area contributed by atoms with Gasteiger partial charge in [0.05, 0.1) is 53.2 Å². The molecule has 0 radical (unpaired) electrons. The van der Waals surface area contributed by atoms with Gasteiger partial charge in [0, 0.05) is 38.8 Å². The van der Waals surface area contributed by atoms with Gasteiger partial charge in [0.2, 0.25) is 5.91 Å². The Balaban J connectivity index is 1.55. The van der Waals surface area contributed by atoms with Crippen LogP contribution < -0.4 is 28.6 Å². The summed E-state index contributed by atoms with van der Waals surface area (Å²) in [5.41, 5.74) is 2.78. The molecule has 0 spiro atoms. The van der Waals surface area contributed by atoms with Gasteiger partial charge in [0.15, 0.2) is 23.0 Å². The first-order valence-corrected chi connectivity index (χ1v) is 13.8. The first kappa shape index (κ1) is 28.9. The second-order valence-electron chi connectivity index (χ2n) is 10.2. The number of anilines is 1. The third-order valence-electron chi connectivity index (χ3n) is 8.21. The maximum Gasteiger partial charge on any atom is 0.254 e. The summed E-state index contributed by atoms with van der Waals surface area (Å²) in [4.78, 5) is 34.1. The zero-order chi connectivity index (χ0) is 30.0. The summed E-state index contributed by atoms with van der Waals surface area (Å²) in [7, 11) is 9.59. The zero-order valence-corrected chi connectivity index (χ0v) is 24.9. The summed E-state index contributed by atoms with van der Waals surface area (Å²) >= 11 is 0. The van der Waals surface area contributed by atoms with Gasteiger partial charge in [-0.15, -0.1) is 0 Å². The van der Waals surface area contributed by atoms with E-state index in [0.29, 0.717) is 60.3 Å². The third-order valence-corrected chi connectivity index (χ3v) is 8.21. The van der Waals surface area contributed by atoms with E-state index in [0.717, 1.165) is 17.0 Å². The lowest BCUT2D eigenvalue weighted by Crippen LogP contribution is -2.53. The maximum absolute atomic E-state index is 14.6. The first-order chi connectivity index (χ1) is 20.4. The molecule has 0 unspecified atom stereocenters. The molecule has 2 heterocycles. The number of rotatable bonds is 8. The topological polar surface area (TPSA) is 90.0 Å². The van der Waals surface area contributed by atoms with Gasteiger partial charge in [0.1, 0.15) is 5.75 Å². The van der Waals surface area contributed by atoms with Crippen LogP contribution >= 0.6 is 0 Å². The number of hydrogen-bond donors (Lipinski definition) is 0. The second-order valence-corrected chi connectivity index (χ2v) is 10.2. The Labute approximate surface area is 246 Å². The van der Waals surface area contributed by atoms with Crippen molar-refractivity contribution >= 4 is 17.5 Å². The predicted molar refractivity (Wildman–Crippen MR) is 158 cm³/mol. The highest BCUT2D eigenvalue weighted by atomic mass is 16.5. The molecule has 222 valence electrons. The van der Waals surface area contributed by atoms with Gasteiger partial charge in [-0.3, -0.25) is 9.59 Å². The van der Waals surface area contributed by atoms with Crippen molar-refractivity contribution in [1.29, 1.82) is 0 Å². The van der Waals surface area contributed by atoms with Crippen LogP contribution in [0.5, 0.6) is 28.7 Å². The second kappa shape index (κ2) is 12.1. The van der Waals surface area contributed by atoms with Gasteiger partial charge in [-0.25, -0.2) is 0 Å². The molecule has 5 rings (SSSR count). The molecule has 1 saturated heterocycles. The Hall–Kier alpha value is -4.60. The minimum atomic E-state index is -0.696. The number of methoxy groups -OCH3 is 5. The Bertz CT molecular complexity index is 1470. The zero-order valence-electron chi connectivity index (χ0n) is 24.9. The molecular weight excluding hydrogens is 538 g/mol. The van der Waals surface area contributed by atoms with E-state index in [1.807, 2.05) is 41.3 Å². The van der Waals surface area contributed by atoms with Crippen molar-refractivity contribution in [2.75, 3.05) is 73.7 Å². The molecule has 2 atom stereocenters. The monoisotopic (exact) mass is 575 g/mol. The lowest BCUT2D eigenvalue weighted by molar-refractivity contribution is -0.134. The number of para-hydroxylation sites is 2. The lowest BCUT2D eigenvalue weighted by Gasteiger charge is -2.44. The molecule has 2 aliphatic heterocycles. The SMILES string of the molecule is COc1ccc([C@@H]2[C@@H](C(=O)N3CCN(c4ccccc4OC)CC3)c3cc(OC)c(OC)cc3C(=O)N2C)cc1OC. The van der Waals surface area contributed by atoms with Crippen molar-refractivity contribution in [2.45, 2.75) is 12.0 Å². The smallest absolute Gasteiger partial charge is 0.254 e. The molecule has 0 bridgehead atoms. The maximum atomic E-state index is 14.6. The highest BCUT2D eigenvalue weighted by Gasteiger charge is 2.45. The standard InChI is InChI=1S/C32H37N3O7/c1-33-30(20-11-12-25(39-3)26(17-20)40-4)29(21-18-27(41-5)28(42-6)19-22(21)31(33)36)32(37)35-15-13-34(14-16-35)23-9-7-8-10-24(23)38-2/h7-12,17-19,29-30H,13-16H2,1-6H3/t29-,30+/m0/s1. The van der Waals surface area contributed by atoms with Gasteiger partial charge in [-0.05, 0) is 47.5 Å². The van der Waals surface area contributed by atoms with Crippen molar-refractivity contribution in [3.05, 3.63) is 71.3 Å². The molecule has 10 nitrogen and oxygen atoms in total. The number of hydrogen-bond acceptors (Lipinski definition) is 8. The van der Waals surface area contributed by atoms with Gasteiger partial charge in [-0.2, -0.15) is 0 Å². The molecule has 3 aromatic rings. The Morgan fingerprint density at radius 3 is 1.95 bits per heavy atom. The highest BCUT2D eigenvalue weighted by molar-refractivity contribution is 6.02. The third kappa shape index (κ3) is 5.01. The quantitative estimate of drug-likeness (QED) is 0.399. The van der Waals surface area contributed by atoms with E-state index < -0.39 is 12.0 Å². The first-order valence-electron chi connectivity index (χ1n) is 13.8. The number of ether oxygens (including phenoxy) is 5. The molecule has 0 aromatic heterocycles. The number of carbonyl (C=O) groups excluding carboxylic acids is 2. The van der Waals surface area contributed by atoms with Crippen molar-refractivity contribution in [3.8, 4) is 28.7 Å². The molecule has 0 N–H and O–H groups in total. The van der Waals surface area contributed by atoms with Gasteiger partial charge >= 0.3 is 0 Å². The largest absolute Gasteiger partial charge is 0.495 e. The van der Waals surface area contributed by atoms with E-state index in [4.69, 9.17) is 23.7 Å². The molecule has 2 amide bonds.